The van der Waals surface area contributed by atoms with Crippen molar-refractivity contribution in [2.75, 3.05) is 7.11 Å². The average Bonchev–Trinajstić information content (AvgIpc) is 2.68. The van der Waals surface area contributed by atoms with Gasteiger partial charge in [-0.15, -0.1) is 11.3 Å². The van der Waals surface area contributed by atoms with E-state index in [0.29, 0.717) is 0 Å². The number of aromatic nitrogens is 1. The molecule has 104 valence electrons. The first-order valence-corrected chi connectivity index (χ1v) is 7.45. The van der Waals surface area contributed by atoms with E-state index < -0.39 is 0 Å². The van der Waals surface area contributed by atoms with Crippen molar-refractivity contribution in [3.05, 3.63) is 15.6 Å². The van der Waals surface area contributed by atoms with Crippen LogP contribution in [0.3, 0.4) is 0 Å². The molecule has 1 aromatic heterocycles. The average molecular weight is 270 g/mol. The Labute approximate surface area is 115 Å². The van der Waals surface area contributed by atoms with E-state index in [9.17, 15) is 0 Å². The molecular weight excluding hydrogens is 244 g/mol. The van der Waals surface area contributed by atoms with Crippen molar-refractivity contribution in [2.24, 2.45) is 0 Å². The SMILES string of the molecule is CCCc1nc(C(C)OC)sc1CNC(C)(C)C. The van der Waals surface area contributed by atoms with E-state index in [2.05, 4.69) is 39.9 Å². The van der Waals surface area contributed by atoms with E-state index in [1.807, 2.05) is 0 Å². The molecule has 0 saturated heterocycles. The molecule has 4 heteroatoms. The maximum absolute atomic E-state index is 5.36. The highest BCUT2D eigenvalue weighted by Crippen LogP contribution is 2.26. The van der Waals surface area contributed by atoms with E-state index in [0.717, 1.165) is 24.4 Å². The minimum absolute atomic E-state index is 0.0917. The Balaban J connectivity index is 2.83. The molecule has 1 heterocycles. The predicted octanol–water partition coefficient (Wildman–Crippen LogP) is 3.69. The van der Waals surface area contributed by atoms with Gasteiger partial charge in [-0.05, 0) is 34.1 Å². The monoisotopic (exact) mass is 270 g/mol. The molecule has 0 bridgehead atoms. The van der Waals surface area contributed by atoms with E-state index in [1.165, 1.54) is 10.6 Å². The van der Waals surface area contributed by atoms with Crippen molar-refractivity contribution in [2.45, 2.75) is 65.6 Å². The van der Waals surface area contributed by atoms with Crippen LogP contribution in [0.4, 0.5) is 0 Å². The highest BCUT2D eigenvalue weighted by Gasteiger charge is 2.17. The zero-order valence-electron chi connectivity index (χ0n) is 12.5. The van der Waals surface area contributed by atoms with Gasteiger partial charge in [0.25, 0.3) is 0 Å². The molecule has 1 N–H and O–H groups in total. The van der Waals surface area contributed by atoms with Gasteiger partial charge in [0.2, 0.25) is 0 Å². The second kappa shape index (κ2) is 6.64. The number of methoxy groups -OCH3 is 1. The van der Waals surface area contributed by atoms with Crippen LogP contribution in [-0.2, 0) is 17.7 Å². The minimum Gasteiger partial charge on any atom is -0.375 e. The molecule has 3 nitrogen and oxygen atoms in total. The Kier molecular flexibility index (Phi) is 5.76. The summed E-state index contributed by atoms with van der Waals surface area (Å²) in [5.41, 5.74) is 1.37. The van der Waals surface area contributed by atoms with Gasteiger partial charge < -0.3 is 10.1 Å². The van der Waals surface area contributed by atoms with Gasteiger partial charge in [-0.25, -0.2) is 4.98 Å². The summed E-state index contributed by atoms with van der Waals surface area (Å²) in [6.45, 7) is 11.7. The van der Waals surface area contributed by atoms with Crippen LogP contribution in [0, 0.1) is 0 Å². The number of aryl methyl sites for hydroxylation is 1. The largest absolute Gasteiger partial charge is 0.375 e. The molecule has 0 aliphatic carbocycles. The normalized spacial score (nSPS) is 13.9. The lowest BCUT2D eigenvalue weighted by Crippen LogP contribution is -2.35. The molecule has 1 unspecified atom stereocenters. The summed E-state index contributed by atoms with van der Waals surface area (Å²) in [6, 6.07) is 0. The molecule has 1 aromatic rings. The summed E-state index contributed by atoms with van der Waals surface area (Å²) in [6.07, 6.45) is 2.27. The summed E-state index contributed by atoms with van der Waals surface area (Å²) in [5, 5.41) is 4.63. The minimum atomic E-state index is 0.0917. The van der Waals surface area contributed by atoms with Crippen LogP contribution in [0.1, 0.15) is 62.7 Å². The maximum Gasteiger partial charge on any atom is 0.122 e. The second-order valence-corrected chi connectivity index (χ2v) is 6.77. The molecule has 1 atom stereocenters. The lowest BCUT2D eigenvalue weighted by molar-refractivity contribution is 0.119. The number of rotatable bonds is 6. The van der Waals surface area contributed by atoms with Crippen molar-refractivity contribution in [3.8, 4) is 0 Å². The maximum atomic E-state index is 5.36. The summed E-state index contributed by atoms with van der Waals surface area (Å²) < 4.78 is 5.36. The number of hydrogen-bond acceptors (Lipinski definition) is 4. The topological polar surface area (TPSA) is 34.1 Å². The first kappa shape index (κ1) is 15.6. The summed E-state index contributed by atoms with van der Waals surface area (Å²) >= 11 is 1.77. The van der Waals surface area contributed by atoms with E-state index >= 15 is 0 Å². The van der Waals surface area contributed by atoms with Crippen molar-refractivity contribution < 1.29 is 4.74 Å². The number of nitrogens with one attached hydrogen (secondary N) is 1. The van der Waals surface area contributed by atoms with Crippen LogP contribution in [0.15, 0.2) is 0 Å². The lowest BCUT2D eigenvalue weighted by atomic mass is 10.1. The smallest absolute Gasteiger partial charge is 0.122 e. The Hall–Kier alpha value is -0.450. The molecule has 0 aromatic carbocycles. The lowest BCUT2D eigenvalue weighted by Gasteiger charge is -2.20. The number of ether oxygens (including phenoxy) is 1. The Morgan fingerprint density at radius 2 is 2.06 bits per heavy atom. The van der Waals surface area contributed by atoms with Gasteiger partial charge >= 0.3 is 0 Å². The third-order valence-electron chi connectivity index (χ3n) is 2.76. The van der Waals surface area contributed by atoms with Crippen LogP contribution >= 0.6 is 11.3 Å². The number of nitrogens with zero attached hydrogens (tertiary/aromatic N) is 1. The van der Waals surface area contributed by atoms with Crippen molar-refractivity contribution in [1.82, 2.24) is 10.3 Å². The summed E-state index contributed by atoms with van der Waals surface area (Å²) in [5.74, 6) is 0. The van der Waals surface area contributed by atoms with Crippen LogP contribution in [0.25, 0.3) is 0 Å². The third-order valence-corrected chi connectivity index (χ3v) is 4.02. The zero-order valence-corrected chi connectivity index (χ0v) is 13.3. The Bertz CT molecular complexity index is 368. The predicted molar refractivity (Wildman–Crippen MR) is 78.1 cm³/mol. The van der Waals surface area contributed by atoms with Crippen molar-refractivity contribution in [1.29, 1.82) is 0 Å². The van der Waals surface area contributed by atoms with Gasteiger partial charge in [-0.3, -0.25) is 0 Å². The fourth-order valence-corrected chi connectivity index (χ4v) is 2.67. The molecule has 0 radical (unpaired) electrons. The summed E-state index contributed by atoms with van der Waals surface area (Å²) in [7, 11) is 1.73. The third kappa shape index (κ3) is 4.67. The number of hydrogen-bond donors (Lipinski definition) is 1. The quantitative estimate of drug-likeness (QED) is 0.856. The highest BCUT2D eigenvalue weighted by molar-refractivity contribution is 7.11. The van der Waals surface area contributed by atoms with Crippen LogP contribution in [-0.4, -0.2) is 17.6 Å². The van der Waals surface area contributed by atoms with Crippen LogP contribution < -0.4 is 5.32 Å². The summed E-state index contributed by atoms with van der Waals surface area (Å²) in [4.78, 5) is 6.08. The van der Waals surface area contributed by atoms with Crippen molar-refractivity contribution in [3.63, 3.8) is 0 Å². The fraction of sp³-hybridized carbons (Fsp3) is 0.786. The van der Waals surface area contributed by atoms with Gasteiger partial charge in [0.1, 0.15) is 11.1 Å². The molecule has 0 fully saturated rings. The van der Waals surface area contributed by atoms with Crippen molar-refractivity contribution >= 4 is 11.3 Å². The van der Waals surface area contributed by atoms with E-state index in [1.54, 1.807) is 18.4 Å². The van der Waals surface area contributed by atoms with Gasteiger partial charge in [-0.2, -0.15) is 0 Å². The molecule has 1 rings (SSSR count). The number of thiazole rings is 1. The van der Waals surface area contributed by atoms with Gasteiger partial charge in [-0.1, -0.05) is 13.3 Å². The molecule has 0 saturated carbocycles. The fourth-order valence-electron chi connectivity index (χ4n) is 1.59. The Morgan fingerprint density at radius 3 is 2.56 bits per heavy atom. The second-order valence-electron chi connectivity index (χ2n) is 5.65. The first-order valence-electron chi connectivity index (χ1n) is 6.63. The van der Waals surface area contributed by atoms with Gasteiger partial charge in [0, 0.05) is 24.1 Å². The molecule has 0 amide bonds. The van der Waals surface area contributed by atoms with Crippen LogP contribution in [0.5, 0.6) is 0 Å². The van der Waals surface area contributed by atoms with E-state index in [-0.39, 0.29) is 11.6 Å². The molecule has 0 aliphatic rings. The van der Waals surface area contributed by atoms with Gasteiger partial charge in [0.05, 0.1) is 5.69 Å². The van der Waals surface area contributed by atoms with E-state index in [4.69, 9.17) is 9.72 Å². The standard InChI is InChI=1S/C14H26N2OS/c1-7-8-11-12(9-15-14(3,4)5)18-13(16-11)10(2)17-6/h10,15H,7-9H2,1-6H3. The van der Waals surface area contributed by atoms with Crippen LogP contribution in [0.2, 0.25) is 0 Å². The Morgan fingerprint density at radius 1 is 1.39 bits per heavy atom. The zero-order chi connectivity index (χ0) is 13.8. The molecule has 18 heavy (non-hydrogen) atoms. The first-order chi connectivity index (χ1) is 8.37. The molecule has 0 aliphatic heterocycles. The highest BCUT2D eigenvalue weighted by atomic mass is 32.1. The molecule has 0 spiro atoms. The molecular formula is C14H26N2OS. The van der Waals surface area contributed by atoms with Gasteiger partial charge in [0.15, 0.2) is 0 Å².